The first-order valence-corrected chi connectivity index (χ1v) is 9.08. The van der Waals surface area contributed by atoms with Crippen LogP contribution in [-0.2, 0) is 6.42 Å². The molecular formula is C21H24ClN. The van der Waals surface area contributed by atoms with Crippen molar-refractivity contribution < 1.29 is 0 Å². The first-order chi connectivity index (χ1) is 11.1. The molecular weight excluding hydrogens is 302 g/mol. The van der Waals surface area contributed by atoms with Gasteiger partial charge in [-0.1, -0.05) is 48.0 Å². The van der Waals surface area contributed by atoms with Gasteiger partial charge in [-0.2, -0.15) is 0 Å². The van der Waals surface area contributed by atoms with Crippen molar-refractivity contribution in [2.45, 2.75) is 32.2 Å². The van der Waals surface area contributed by atoms with Crippen molar-refractivity contribution >= 4 is 11.6 Å². The number of halogens is 1. The van der Waals surface area contributed by atoms with E-state index in [-0.39, 0.29) is 0 Å². The van der Waals surface area contributed by atoms with Gasteiger partial charge < -0.3 is 4.90 Å². The minimum absolute atomic E-state index is 0.479. The third-order valence-corrected chi connectivity index (χ3v) is 6.00. The van der Waals surface area contributed by atoms with Crippen molar-refractivity contribution in [3.05, 3.63) is 70.2 Å². The number of benzene rings is 2. The topological polar surface area (TPSA) is 3.24 Å². The highest BCUT2D eigenvalue weighted by molar-refractivity contribution is 6.30. The van der Waals surface area contributed by atoms with Gasteiger partial charge in [0, 0.05) is 30.1 Å². The van der Waals surface area contributed by atoms with Gasteiger partial charge in [-0.15, -0.1) is 0 Å². The molecule has 4 rings (SSSR count). The zero-order chi connectivity index (χ0) is 16.0. The maximum absolute atomic E-state index is 6.34. The molecule has 0 N–H and O–H groups in total. The molecule has 23 heavy (non-hydrogen) atoms. The summed E-state index contributed by atoms with van der Waals surface area (Å²) in [4.78, 5) is 2.65. The van der Waals surface area contributed by atoms with Crippen molar-refractivity contribution in [2.75, 3.05) is 13.1 Å². The molecule has 3 atom stereocenters. The molecule has 2 aliphatic rings. The summed E-state index contributed by atoms with van der Waals surface area (Å²) in [7, 11) is 0. The Morgan fingerprint density at radius 3 is 2.57 bits per heavy atom. The second kappa shape index (κ2) is 5.96. The Morgan fingerprint density at radius 2 is 1.83 bits per heavy atom. The minimum Gasteiger partial charge on any atom is -0.300 e. The van der Waals surface area contributed by atoms with E-state index in [1.807, 2.05) is 0 Å². The Hall–Kier alpha value is -1.31. The van der Waals surface area contributed by atoms with E-state index in [1.165, 1.54) is 36.2 Å². The molecule has 1 fully saturated rings. The highest BCUT2D eigenvalue weighted by Gasteiger charge is 2.43. The summed E-state index contributed by atoms with van der Waals surface area (Å²) < 4.78 is 0. The number of hydrogen-bond acceptors (Lipinski definition) is 1. The Bertz CT molecular complexity index is 694. The van der Waals surface area contributed by atoms with Crippen LogP contribution in [0.3, 0.4) is 0 Å². The summed E-state index contributed by atoms with van der Waals surface area (Å²) in [6.45, 7) is 7.07. The molecule has 1 aliphatic heterocycles. The molecule has 1 aliphatic carbocycles. The lowest BCUT2D eigenvalue weighted by Crippen LogP contribution is -2.30. The minimum atomic E-state index is 0.479. The lowest BCUT2D eigenvalue weighted by molar-refractivity contribution is 0.260. The number of fused-ring (bicyclic) bond motifs is 2. The summed E-state index contributed by atoms with van der Waals surface area (Å²) in [5.74, 6) is 1.94. The first-order valence-electron chi connectivity index (χ1n) is 8.71. The van der Waals surface area contributed by atoms with Gasteiger partial charge in [-0.3, -0.25) is 0 Å². The fourth-order valence-corrected chi connectivity index (χ4v) is 4.77. The smallest absolute Gasteiger partial charge is 0.0409 e. The van der Waals surface area contributed by atoms with E-state index in [2.05, 4.69) is 67.3 Å². The predicted octanol–water partition coefficient (Wildman–Crippen LogP) is 4.98. The molecule has 1 saturated heterocycles. The van der Waals surface area contributed by atoms with Crippen LogP contribution in [0.1, 0.15) is 36.5 Å². The third-order valence-electron chi connectivity index (χ3n) is 5.76. The van der Waals surface area contributed by atoms with Crippen molar-refractivity contribution in [2.24, 2.45) is 11.8 Å². The average Bonchev–Trinajstić information content (AvgIpc) is 2.97. The van der Waals surface area contributed by atoms with Crippen LogP contribution >= 0.6 is 11.6 Å². The van der Waals surface area contributed by atoms with Gasteiger partial charge in [0.05, 0.1) is 0 Å². The normalized spacial score (nSPS) is 27.0. The zero-order valence-corrected chi connectivity index (χ0v) is 14.6. The van der Waals surface area contributed by atoms with Crippen molar-refractivity contribution in [3.8, 4) is 0 Å². The second-order valence-electron chi connectivity index (χ2n) is 7.41. The average molecular weight is 326 g/mol. The lowest BCUT2D eigenvalue weighted by atomic mass is 9.68. The van der Waals surface area contributed by atoms with E-state index in [1.54, 1.807) is 0 Å². The Balaban J connectivity index is 1.80. The fraction of sp³-hybridized carbons (Fsp3) is 0.429. The SMILES string of the molecule is CC(C)N1CC2Cc3ccc(Cl)cc3C(c3ccccc3)C2C1. The summed E-state index contributed by atoms with van der Waals surface area (Å²) in [6.07, 6.45) is 1.20. The van der Waals surface area contributed by atoms with Gasteiger partial charge >= 0.3 is 0 Å². The predicted molar refractivity (Wildman–Crippen MR) is 97.1 cm³/mol. The maximum Gasteiger partial charge on any atom is 0.0409 e. The van der Waals surface area contributed by atoms with Crippen LogP contribution in [-0.4, -0.2) is 24.0 Å². The zero-order valence-electron chi connectivity index (χ0n) is 13.9. The van der Waals surface area contributed by atoms with E-state index in [0.717, 1.165) is 10.9 Å². The lowest BCUT2D eigenvalue weighted by Gasteiger charge is -2.36. The quantitative estimate of drug-likeness (QED) is 0.752. The van der Waals surface area contributed by atoms with Gasteiger partial charge in [0.25, 0.3) is 0 Å². The molecule has 1 heterocycles. The first kappa shape index (κ1) is 15.2. The van der Waals surface area contributed by atoms with Crippen LogP contribution in [0.15, 0.2) is 48.5 Å². The molecule has 0 saturated carbocycles. The maximum atomic E-state index is 6.34. The van der Waals surface area contributed by atoms with Crippen LogP contribution in [0.2, 0.25) is 5.02 Å². The Labute approximate surface area is 144 Å². The van der Waals surface area contributed by atoms with Crippen LogP contribution in [0.25, 0.3) is 0 Å². The summed E-state index contributed by atoms with van der Waals surface area (Å²) in [5.41, 5.74) is 4.39. The van der Waals surface area contributed by atoms with Gasteiger partial charge in [0.2, 0.25) is 0 Å². The van der Waals surface area contributed by atoms with E-state index in [9.17, 15) is 0 Å². The molecule has 0 aromatic heterocycles. The van der Waals surface area contributed by atoms with E-state index in [4.69, 9.17) is 11.6 Å². The molecule has 2 aromatic rings. The molecule has 120 valence electrons. The number of rotatable bonds is 2. The standard InChI is InChI=1S/C21H24ClN/c1-14(2)23-12-17-10-16-8-9-18(22)11-19(16)21(20(17)13-23)15-6-4-3-5-7-15/h3-9,11,14,17,20-21H,10,12-13H2,1-2H3. The van der Waals surface area contributed by atoms with E-state index in [0.29, 0.717) is 17.9 Å². The molecule has 0 radical (unpaired) electrons. The van der Waals surface area contributed by atoms with Gasteiger partial charge in [0.1, 0.15) is 0 Å². The second-order valence-corrected chi connectivity index (χ2v) is 7.84. The van der Waals surface area contributed by atoms with Crippen molar-refractivity contribution in [1.82, 2.24) is 4.90 Å². The Morgan fingerprint density at radius 1 is 1.04 bits per heavy atom. The molecule has 2 aromatic carbocycles. The monoisotopic (exact) mass is 325 g/mol. The summed E-state index contributed by atoms with van der Waals surface area (Å²) in [5, 5.41) is 0.863. The van der Waals surface area contributed by atoms with Gasteiger partial charge in [0.15, 0.2) is 0 Å². The molecule has 0 amide bonds. The fourth-order valence-electron chi connectivity index (χ4n) is 4.59. The summed E-state index contributed by atoms with van der Waals surface area (Å²) >= 11 is 6.34. The van der Waals surface area contributed by atoms with Gasteiger partial charge in [-0.25, -0.2) is 0 Å². The van der Waals surface area contributed by atoms with Crippen molar-refractivity contribution in [3.63, 3.8) is 0 Å². The van der Waals surface area contributed by atoms with Crippen LogP contribution in [0.5, 0.6) is 0 Å². The molecule has 0 spiro atoms. The molecule has 3 unspecified atom stereocenters. The molecule has 1 nitrogen and oxygen atoms in total. The highest BCUT2D eigenvalue weighted by atomic mass is 35.5. The number of hydrogen-bond donors (Lipinski definition) is 0. The molecule has 0 bridgehead atoms. The highest BCUT2D eigenvalue weighted by Crippen LogP contribution is 2.47. The Kier molecular flexibility index (Phi) is 3.95. The number of likely N-dealkylation sites (tertiary alicyclic amines) is 1. The van der Waals surface area contributed by atoms with Gasteiger partial charge in [-0.05, 0) is 60.9 Å². The van der Waals surface area contributed by atoms with Crippen LogP contribution < -0.4 is 0 Å². The largest absolute Gasteiger partial charge is 0.300 e. The van der Waals surface area contributed by atoms with E-state index >= 15 is 0 Å². The van der Waals surface area contributed by atoms with Crippen molar-refractivity contribution in [1.29, 1.82) is 0 Å². The third kappa shape index (κ3) is 2.70. The summed E-state index contributed by atoms with van der Waals surface area (Å²) in [6, 6.07) is 18.2. The van der Waals surface area contributed by atoms with Crippen LogP contribution in [0, 0.1) is 11.8 Å². The van der Waals surface area contributed by atoms with E-state index < -0.39 is 0 Å². The molecule has 2 heteroatoms. The van der Waals surface area contributed by atoms with Crippen LogP contribution in [0.4, 0.5) is 0 Å². The number of nitrogens with zero attached hydrogens (tertiary/aromatic N) is 1.